The van der Waals surface area contributed by atoms with Crippen LogP contribution in [0.1, 0.15) is 30.4 Å². The van der Waals surface area contributed by atoms with Gasteiger partial charge in [0.05, 0.1) is 11.4 Å². The summed E-state index contributed by atoms with van der Waals surface area (Å²) in [4.78, 5) is 2.40. The molecule has 0 radical (unpaired) electrons. The smallest absolute Gasteiger partial charge is 0.0600 e. The molecule has 0 bridgehead atoms. The number of aryl methyl sites for hydroxylation is 2. The largest absolute Gasteiger partial charge is 0.397 e. The van der Waals surface area contributed by atoms with Crippen LogP contribution < -0.4 is 16.0 Å². The molecule has 1 aliphatic heterocycles. The van der Waals surface area contributed by atoms with Gasteiger partial charge in [-0.05, 0) is 61.9 Å². The second-order valence-electron chi connectivity index (χ2n) is 6.43. The Morgan fingerprint density at radius 2 is 1.87 bits per heavy atom. The van der Waals surface area contributed by atoms with Crippen LogP contribution in [-0.2, 0) is 6.42 Å². The molecule has 3 nitrogen and oxygen atoms in total. The zero-order chi connectivity index (χ0) is 16.1. The molecule has 3 N–H and O–H groups in total. The first-order valence-corrected chi connectivity index (χ1v) is 8.67. The molecule has 2 aromatic rings. The molecule has 2 aromatic carbocycles. The van der Waals surface area contributed by atoms with E-state index in [0.717, 1.165) is 38.2 Å². The molecule has 3 heteroatoms. The number of nitrogens with one attached hydrogen (secondary N) is 1. The van der Waals surface area contributed by atoms with Gasteiger partial charge < -0.3 is 16.0 Å². The van der Waals surface area contributed by atoms with Crippen LogP contribution in [0.25, 0.3) is 0 Å². The van der Waals surface area contributed by atoms with Crippen LogP contribution in [0.15, 0.2) is 42.5 Å². The van der Waals surface area contributed by atoms with E-state index in [2.05, 4.69) is 59.6 Å². The molecule has 0 amide bonds. The van der Waals surface area contributed by atoms with Gasteiger partial charge in [0.2, 0.25) is 0 Å². The summed E-state index contributed by atoms with van der Waals surface area (Å²) in [5.41, 5.74) is 12.3. The van der Waals surface area contributed by atoms with Gasteiger partial charge in [-0.2, -0.15) is 0 Å². The molecule has 1 aliphatic rings. The van der Waals surface area contributed by atoms with E-state index < -0.39 is 0 Å². The third-order valence-electron chi connectivity index (χ3n) is 4.64. The van der Waals surface area contributed by atoms with Gasteiger partial charge in [0.1, 0.15) is 0 Å². The fourth-order valence-electron chi connectivity index (χ4n) is 3.29. The molecule has 0 aliphatic carbocycles. The lowest BCUT2D eigenvalue weighted by atomic mass is 10.1. The molecule has 0 spiro atoms. The number of hydrogen-bond acceptors (Lipinski definition) is 3. The van der Waals surface area contributed by atoms with Crippen molar-refractivity contribution in [1.29, 1.82) is 0 Å². The van der Waals surface area contributed by atoms with Crippen molar-refractivity contribution in [2.75, 3.05) is 35.6 Å². The molecule has 1 saturated heterocycles. The Hall–Kier alpha value is -2.16. The normalized spacial score (nSPS) is 14.2. The minimum atomic E-state index is 0.927. The number of hydrogen-bond donors (Lipinski definition) is 2. The van der Waals surface area contributed by atoms with Crippen molar-refractivity contribution in [3.63, 3.8) is 0 Å². The van der Waals surface area contributed by atoms with Crippen LogP contribution in [0.2, 0.25) is 0 Å². The minimum Gasteiger partial charge on any atom is -0.397 e. The van der Waals surface area contributed by atoms with E-state index in [9.17, 15) is 0 Å². The predicted octanol–water partition coefficient (Wildman–Crippen LogP) is 4.22. The van der Waals surface area contributed by atoms with Crippen molar-refractivity contribution in [3.8, 4) is 0 Å². The lowest BCUT2D eigenvalue weighted by molar-refractivity contribution is 0.861. The number of nitrogens with two attached hydrogens (primary N) is 1. The van der Waals surface area contributed by atoms with E-state index in [4.69, 9.17) is 5.73 Å². The molecular weight excluding hydrogens is 282 g/mol. The number of anilines is 3. The molecule has 0 aromatic heterocycles. The summed E-state index contributed by atoms with van der Waals surface area (Å²) < 4.78 is 0. The van der Waals surface area contributed by atoms with Crippen molar-refractivity contribution in [2.24, 2.45) is 0 Å². The van der Waals surface area contributed by atoms with Crippen LogP contribution >= 0.6 is 0 Å². The van der Waals surface area contributed by atoms with E-state index in [1.54, 1.807) is 0 Å². The highest BCUT2D eigenvalue weighted by Crippen LogP contribution is 2.28. The molecular formula is C20H27N3. The minimum absolute atomic E-state index is 0.927. The maximum Gasteiger partial charge on any atom is 0.0600 e. The second-order valence-corrected chi connectivity index (χ2v) is 6.43. The summed E-state index contributed by atoms with van der Waals surface area (Å²) in [5, 5.41) is 3.51. The van der Waals surface area contributed by atoms with Crippen LogP contribution in [-0.4, -0.2) is 19.6 Å². The van der Waals surface area contributed by atoms with Gasteiger partial charge in [-0.3, -0.25) is 0 Å². The highest BCUT2D eigenvalue weighted by Gasteiger charge is 2.14. The fraction of sp³-hybridized carbons (Fsp3) is 0.400. The third kappa shape index (κ3) is 3.98. The van der Waals surface area contributed by atoms with Crippen LogP contribution in [0.4, 0.5) is 17.1 Å². The van der Waals surface area contributed by atoms with Crippen LogP contribution in [0.3, 0.4) is 0 Å². The maximum absolute atomic E-state index is 6.26. The Bertz CT molecular complexity index is 645. The van der Waals surface area contributed by atoms with Crippen molar-refractivity contribution in [1.82, 2.24) is 0 Å². The van der Waals surface area contributed by atoms with E-state index in [-0.39, 0.29) is 0 Å². The van der Waals surface area contributed by atoms with Crippen LogP contribution in [0, 0.1) is 6.92 Å². The highest BCUT2D eigenvalue weighted by atomic mass is 15.1. The number of nitrogens with zero attached hydrogens (tertiary/aromatic N) is 1. The Morgan fingerprint density at radius 3 is 2.61 bits per heavy atom. The van der Waals surface area contributed by atoms with Gasteiger partial charge in [-0.15, -0.1) is 0 Å². The summed E-state index contributed by atoms with van der Waals surface area (Å²) >= 11 is 0. The molecule has 0 saturated carbocycles. The van der Waals surface area contributed by atoms with Gasteiger partial charge in [0, 0.05) is 25.3 Å². The molecule has 0 atom stereocenters. The van der Waals surface area contributed by atoms with Gasteiger partial charge >= 0.3 is 0 Å². The van der Waals surface area contributed by atoms with Gasteiger partial charge in [-0.1, -0.05) is 24.3 Å². The third-order valence-corrected chi connectivity index (χ3v) is 4.64. The Morgan fingerprint density at radius 1 is 1.09 bits per heavy atom. The van der Waals surface area contributed by atoms with E-state index in [1.165, 1.54) is 35.3 Å². The average Bonchev–Trinajstić information content (AvgIpc) is 3.07. The molecule has 1 heterocycles. The van der Waals surface area contributed by atoms with Gasteiger partial charge in [0.25, 0.3) is 0 Å². The first-order chi connectivity index (χ1) is 11.2. The summed E-state index contributed by atoms with van der Waals surface area (Å²) in [6.07, 6.45) is 4.73. The molecule has 3 rings (SSSR count). The molecule has 0 unspecified atom stereocenters. The van der Waals surface area contributed by atoms with Crippen molar-refractivity contribution < 1.29 is 0 Å². The summed E-state index contributed by atoms with van der Waals surface area (Å²) in [6.45, 7) is 5.41. The summed E-state index contributed by atoms with van der Waals surface area (Å²) in [5.74, 6) is 0. The molecule has 23 heavy (non-hydrogen) atoms. The highest BCUT2D eigenvalue weighted by molar-refractivity contribution is 5.68. The standard InChI is InChI=1S/C20H27N3/c1-16-7-2-3-9-19(16)22-12-6-8-17-10-11-20(18(21)15-17)23-13-4-5-14-23/h2-3,7,9-11,15,22H,4-6,8,12-14,21H2,1H3. The lowest BCUT2D eigenvalue weighted by Gasteiger charge is -2.20. The van der Waals surface area contributed by atoms with Crippen molar-refractivity contribution in [2.45, 2.75) is 32.6 Å². The van der Waals surface area contributed by atoms with Gasteiger partial charge in [0.15, 0.2) is 0 Å². The quantitative estimate of drug-likeness (QED) is 0.620. The maximum atomic E-state index is 6.26. The number of rotatable bonds is 6. The van der Waals surface area contributed by atoms with E-state index in [1.807, 2.05) is 0 Å². The monoisotopic (exact) mass is 309 g/mol. The topological polar surface area (TPSA) is 41.3 Å². The average molecular weight is 309 g/mol. The Labute approximate surface area is 139 Å². The number of benzene rings is 2. The second kappa shape index (κ2) is 7.40. The zero-order valence-corrected chi connectivity index (χ0v) is 14.0. The predicted molar refractivity (Wildman–Crippen MR) is 100 cm³/mol. The lowest BCUT2D eigenvalue weighted by Crippen LogP contribution is -2.19. The van der Waals surface area contributed by atoms with Gasteiger partial charge in [-0.25, -0.2) is 0 Å². The molecule has 1 fully saturated rings. The van der Waals surface area contributed by atoms with Crippen LogP contribution in [0.5, 0.6) is 0 Å². The zero-order valence-electron chi connectivity index (χ0n) is 14.0. The fourth-order valence-corrected chi connectivity index (χ4v) is 3.29. The van der Waals surface area contributed by atoms with Crippen molar-refractivity contribution in [3.05, 3.63) is 53.6 Å². The number of para-hydroxylation sites is 1. The first kappa shape index (κ1) is 15.7. The SMILES string of the molecule is Cc1ccccc1NCCCc1ccc(N2CCCC2)c(N)c1. The number of nitrogen functional groups attached to an aromatic ring is 1. The summed E-state index contributed by atoms with van der Waals surface area (Å²) in [6, 6.07) is 15.0. The Kier molecular flexibility index (Phi) is 5.06. The van der Waals surface area contributed by atoms with Crippen molar-refractivity contribution >= 4 is 17.1 Å². The Balaban J connectivity index is 1.50. The molecule has 122 valence electrons. The van der Waals surface area contributed by atoms with E-state index >= 15 is 0 Å². The summed E-state index contributed by atoms with van der Waals surface area (Å²) in [7, 11) is 0. The van der Waals surface area contributed by atoms with E-state index in [0.29, 0.717) is 0 Å². The first-order valence-electron chi connectivity index (χ1n) is 8.67.